The first-order valence-electron chi connectivity index (χ1n) is 10.1. The molecule has 152 valence electrons. The number of hydrogen-bond acceptors (Lipinski definition) is 7. The molecule has 7 nitrogen and oxygen atoms in total. The van der Waals surface area contributed by atoms with Gasteiger partial charge in [0.2, 0.25) is 0 Å². The van der Waals surface area contributed by atoms with Gasteiger partial charge in [-0.15, -0.1) is 16.4 Å². The summed E-state index contributed by atoms with van der Waals surface area (Å²) in [6.07, 6.45) is 6.07. The average molecular weight is 423 g/mol. The van der Waals surface area contributed by atoms with Gasteiger partial charge in [-0.2, -0.15) is 0 Å². The largest absolute Gasteiger partial charge is 0.370 e. The summed E-state index contributed by atoms with van der Waals surface area (Å²) in [5.74, 6) is 0.365. The van der Waals surface area contributed by atoms with E-state index in [9.17, 15) is 8.42 Å². The van der Waals surface area contributed by atoms with Crippen molar-refractivity contribution in [2.75, 3.05) is 31.2 Å². The number of aromatic nitrogens is 3. The van der Waals surface area contributed by atoms with Crippen LogP contribution in [0.2, 0.25) is 0 Å². The number of nitrogens with zero attached hydrogens (tertiary/aromatic N) is 4. The van der Waals surface area contributed by atoms with Crippen molar-refractivity contribution in [3.05, 3.63) is 33.3 Å². The van der Waals surface area contributed by atoms with Gasteiger partial charge in [0.1, 0.15) is 0 Å². The van der Waals surface area contributed by atoms with Gasteiger partial charge in [-0.05, 0) is 30.9 Å². The molecule has 2 aromatic heterocycles. The second kappa shape index (κ2) is 6.90. The molecule has 9 heteroatoms. The minimum absolute atomic E-state index is 0.0451. The van der Waals surface area contributed by atoms with E-state index >= 15 is 0 Å². The Bertz CT molecular complexity index is 961. The third kappa shape index (κ3) is 3.32. The fourth-order valence-corrected chi connectivity index (χ4v) is 7.17. The summed E-state index contributed by atoms with van der Waals surface area (Å²) in [7, 11) is -2.85. The highest BCUT2D eigenvalue weighted by molar-refractivity contribution is 7.92. The number of thiophene rings is 1. The molecule has 5 rings (SSSR count). The fourth-order valence-electron chi connectivity index (χ4n) is 4.62. The van der Waals surface area contributed by atoms with Gasteiger partial charge in [-0.1, -0.05) is 12.1 Å². The summed E-state index contributed by atoms with van der Waals surface area (Å²) in [6.45, 7) is 5.75. The Morgan fingerprint density at radius 3 is 2.82 bits per heavy atom. The van der Waals surface area contributed by atoms with Crippen LogP contribution >= 0.6 is 11.3 Å². The molecule has 3 aliphatic heterocycles. The molecule has 2 saturated heterocycles. The molecular weight excluding hydrogens is 396 g/mol. The SMILES string of the molecule is CCc1cc2c(s1)CCOC21CCN(Cc2cn(C3CS(=O)(=O)C3)nn2)CC1. The molecule has 0 amide bonds. The maximum absolute atomic E-state index is 11.4. The molecule has 28 heavy (non-hydrogen) atoms. The zero-order chi connectivity index (χ0) is 19.4. The molecule has 0 unspecified atom stereocenters. The van der Waals surface area contributed by atoms with Crippen molar-refractivity contribution >= 4 is 21.2 Å². The van der Waals surface area contributed by atoms with Crippen LogP contribution < -0.4 is 0 Å². The lowest BCUT2D eigenvalue weighted by Gasteiger charge is -2.44. The summed E-state index contributed by atoms with van der Waals surface area (Å²) >= 11 is 1.96. The minimum atomic E-state index is -2.85. The summed E-state index contributed by atoms with van der Waals surface area (Å²) < 4.78 is 30.8. The van der Waals surface area contributed by atoms with Crippen molar-refractivity contribution < 1.29 is 13.2 Å². The third-order valence-electron chi connectivity index (χ3n) is 6.28. The van der Waals surface area contributed by atoms with E-state index in [2.05, 4.69) is 28.2 Å². The standard InChI is InChI=1S/C19H26N4O3S2/c1-2-16-9-17-18(27-16)3-8-26-19(17)4-6-22(7-5-19)10-14-11-23(21-20-14)15-12-28(24,25)13-15/h9,11,15H,2-8,10,12-13H2,1H3. The molecule has 0 aliphatic carbocycles. The molecule has 0 bridgehead atoms. The van der Waals surface area contributed by atoms with Gasteiger partial charge in [-0.3, -0.25) is 4.90 Å². The Hall–Kier alpha value is -1.29. The van der Waals surface area contributed by atoms with Crippen molar-refractivity contribution in [3.63, 3.8) is 0 Å². The lowest BCUT2D eigenvalue weighted by Crippen LogP contribution is -2.45. The highest BCUT2D eigenvalue weighted by Gasteiger charge is 2.42. The number of ether oxygens (including phenoxy) is 1. The second-order valence-corrected chi connectivity index (χ2v) is 11.6. The van der Waals surface area contributed by atoms with Crippen LogP contribution in [0.25, 0.3) is 0 Å². The molecule has 1 spiro atoms. The predicted octanol–water partition coefficient (Wildman–Crippen LogP) is 1.94. The van der Waals surface area contributed by atoms with E-state index in [0.717, 1.165) is 57.6 Å². The van der Waals surface area contributed by atoms with Gasteiger partial charge >= 0.3 is 0 Å². The molecule has 2 aromatic rings. The monoisotopic (exact) mass is 422 g/mol. The summed E-state index contributed by atoms with van der Waals surface area (Å²) in [5, 5.41) is 8.41. The highest BCUT2D eigenvalue weighted by Crippen LogP contribution is 2.44. The second-order valence-electron chi connectivity index (χ2n) is 8.19. The average Bonchev–Trinajstić information content (AvgIpc) is 3.29. The number of hydrogen-bond donors (Lipinski definition) is 0. The molecule has 2 fully saturated rings. The summed E-state index contributed by atoms with van der Waals surface area (Å²) in [6, 6.07) is 2.34. The Kier molecular flexibility index (Phi) is 4.61. The van der Waals surface area contributed by atoms with E-state index in [-0.39, 0.29) is 23.1 Å². The Morgan fingerprint density at radius 1 is 1.32 bits per heavy atom. The molecule has 0 radical (unpaired) electrons. The zero-order valence-electron chi connectivity index (χ0n) is 16.1. The first-order valence-corrected chi connectivity index (χ1v) is 12.7. The number of sulfone groups is 1. The minimum Gasteiger partial charge on any atom is -0.370 e. The summed E-state index contributed by atoms with van der Waals surface area (Å²) in [4.78, 5) is 5.39. The normalized spacial score (nSPS) is 24.2. The molecule has 0 atom stereocenters. The first kappa shape index (κ1) is 18.7. The number of likely N-dealkylation sites (tertiary alicyclic amines) is 1. The lowest BCUT2D eigenvalue weighted by molar-refractivity contribution is -0.0982. The molecule has 0 N–H and O–H groups in total. The van der Waals surface area contributed by atoms with Crippen LogP contribution in [0.15, 0.2) is 12.3 Å². The van der Waals surface area contributed by atoms with E-state index in [0.29, 0.717) is 0 Å². The van der Waals surface area contributed by atoms with Gasteiger partial charge < -0.3 is 4.74 Å². The predicted molar refractivity (Wildman–Crippen MR) is 107 cm³/mol. The van der Waals surface area contributed by atoms with Crippen molar-refractivity contribution in [2.24, 2.45) is 0 Å². The maximum atomic E-state index is 11.4. The smallest absolute Gasteiger partial charge is 0.154 e. The van der Waals surface area contributed by atoms with Gasteiger partial charge in [-0.25, -0.2) is 13.1 Å². The zero-order valence-corrected chi connectivity index (χ0v) is 17.8. The van der Waals surface area contributed by atoms with Crippen molar-refractivity contribution in [1.29, 1.82) is 0 Å². The maximum Gasteiger partial charge on any atom is 0.154 e. The molecule has 3 aliphatic rings. The number of rotatable bonds is 4. The van der Waals surface area contributed by atoms with Gasteiger partial charge in [0.15, 0.2) is 9.84 Å². The van der Waals surface area contributed by atoms with Crippen LogP contribution in [0.5, 0.6) is 0 Å². The topological polar surface area (TPSA) is 77.3 Å². The molecule has 5 heterocycles. The summed E-state index contributed by atoms with van der Waals surface area (Å²) in [5.41, 5.74) is 2.25. The van der Waals surface area contributed by atoms with Crippen molar-refractivity contribution in [3.8, 4) is 0 Å². The van der Waals surface area contributed by atoms with E-state index in [1.54, 1.807) is 4.68 Å². The Morgan fingerprint density at radius 2 is 2.11 bits per heavy atom. The molecule has 0 aromatic carbocycles. The van der Waals surface area contributed by atoms with E-state index in [1.165, 1.54) is 15.3 Å². The highest BCUT2D eigenvalue weighted by atomic mass is 32.2. The van der Waals surface area contributed by atoms with Crippen LogP contribution in [0.4, 0.5) is 0 Å². The van der Waals surface area contributed by atoms with Crippen molar-refractivity contribution in [2.45, 2.75) is 50.8 Å². The van der Waals surface area contributed by atoms with Crippen LogP contribution in [-0.2, 0) is 39.6 Å². The molecular formula is C19H26N4O3S2. The lowest BCUT2D eigenvalue weighted by atomic mass is 9.82. The van der Waals surface area contributed by atoms with Crippen molar-refractivity contribution in [1.82, 2.24) is 19.9 Å². The fraction of sp³-hybridized carbons (Fsp3) is 0.684. The van der Waals surface area contributed by atoms with Crippen LogP contribution in [-0.4, -0.2) is 59.5 Å². The van der Waals surface area contributed by atoms with Crippen LogP contribution in [0.3, 0.4) is 0 Å². The van der Waals surface area contributed by atoms with Gasteiger partial charge in [0, 0.05) is 35.8 Å². The quantitative estimate of drug-likeness (QED) is 0.749. The number of fused-ring (bicyclic) bond motifs is 2. The third-order valence-corrected chi connectivity index (χ3v) is 9.41. The van der Waals surface area contributed by atoms with Crippen LogP contribution in [0.1, 0.15) is 46.8 Å². The Labute approximate surface area is 169 Å². The molecule has 0 saturated carbocycles. The number of piperidine rings is 1. The van der Waals surface area contributed by atoms with E-state index < -0.39 is 9.84 Å². The van der Waals surface area contributed by atoms with Crippen LogP contribution in [0, 0.1) is 0 Å². The Balaban J connectivity index is 1.23. The van der Waals surface area contributed by atoms with E-state index in [4.69, 9.17) is 4.74 Å². The first-order chi connectivity index (χ1) is 13.5. The van der Waals surface area contributed by atoms with Gasteiger partial charge in [0.05, 0.1) is 41.6 Å². The van der Waals surface area contributed by atoms with E-state index in [1.807, 2.05) is 17.5 Å². The van der Waals surface area contributed by atoms with Gasteiger partial charge in [0.25, 0.3) is 0 Å². The number of aryl methyl sites for hydroxylation is 1.